The third kappa shape index (κ3) is 4.88. The SMILES string of the molecule is Cc1ccccc1CNC(=O)c1cc(Nc2ccc(C(F)(F)F)cc2)ccn1. The molecule has 0 aliphatic rings. The van der Waals surface area contributed by atoms with E-state index in [9.17, 15) is 18.0 Å². The first-order chi connectivity index (χ1) is 13.3. The van der Waals surface area contributed by atoms with Gasteiger partial charge in [0.15, 0.2) is 0 Å². The molecule has 2 aromatic carbocycles. The standard InChI is InChI=1S/C21H18F3N3O/c1-14-4-2-3-5-15(14)13-26-20(28)19-12-18(10-11-25-19)27-17-8-6-16(7-9-17)21(22,23)24/h2-12H,13H2,1H3,(H,25,27)(H,26,28). The van der Waals surface area contributed by atoms with E-state index in [4.69, 9.17) is 0 Å². The Morgan fingerprint density at radius 1 is 1.00 bits per heavy atom. The molecule has 0 aliphatic carbocycles. The molecule has 2 N–H and O–H groups in total. The second-order valence-corrected chi connectivity index (χ2v) is 6.24. The zero-order chi connectivity index (χ0) is 20.1. The first kappa shape index (κ1) is 19.4. The zero-order valence-electron chi connectivity index (χ0n) is 15.0. The molecule has 0 fully saturated rings. The summed E-state index contributed by atoms with van der Waals surface area (Å²) in [5.74, 6) is -0.334. The highest BCUT2D eigenvalue weighted by atomic mass is 19.4. The van der Waals surface area contributed by atoms with E-state index in [-0.39, 0.29) is 11.6 Å². The molecule has 0 radical (unpaired) electrons. The highest BCUT2D eigenvalue weighted by Gasteiger charge is 2.29. The number of alkyl halides is 3. The van der Waals surface area contributed by atoms with Gasteiger partial charge in [-0.2, -0.15) is 13.2 Å². The van der Waals surface area contributed by atoms with Crippen molar-refractivity contribution in [1.29, 1.82) is 0 Å². The van der Waals surface area contributed by atoms with Gasteiger partial charge in [-0.15, -0.1) is 0 Å². The van der Waals surface area contributed by atoms with Crippen molar-refractivity contribution in [2.45, 2.75) is 19.6 Å². The molecule has 1 amide bonds. The fourth-order valence-electron chi connectivity index (χ4n) is 2.62. The van der Waals surface area contributed by atoms with Gasteiger partial charge in [0.25, 0.3) is 5.91 Å². The van der Waals surface area contributed by atoms with Gasteiger partial charge in [0.1, 0.15) is 5.69 Å². The smallest absolute Gasteiger partial charge is 0.355 e. The number of carbonyl (C=O) groups excluding carboxylic acids is 1. The van der Waals surface area contributed by atoms with E-state index in [1.165, 1.54) is 18.3 Å². The lowest BCUT2D eigenvalue weighted by Crippen LogP contribution is -2.24. The molecule has 0 bridgehead atoms. The van der Waals surface area contributed by atoms with Crippen LogP contribution in [-0.4, -0.2) is 10.9 Å². The molecule has 28 heavy (non-hydrogen) atoms. The number of nitrogens with zero attached hydrogens (tertiary/aromatic N) is 1. The van der Waals surface area contributed by atoms with E-state index in [1.54, 1.807) is 12.1 Å². The summed E-state index contributed by atoms with van der Waals surface area (Å²) in [7, 11) is 0. The van der Waals surface area contributed by atoms with Crippen molar-refractivity contribution in [3.8, 4) is 0 Å². The molecule has 4 nitrogen and oxygen atoms in total. The normalized spacial score (nSPS) is 11.1. The summed E-state index contributed by atoms with van der Waals surface area (Å²) in [6, 6.07) is 15.6. The lowest BCUT2D eigenvalue weighted by Gasteiger charge is -2.11. The maximum Gasteiger partial charge on any atom is 0.416 e. The van der Waals surface area contributed by atoms with E-state index in [2.05, 4.69) is 15.6 Å². The molecule has 1 heterocycles. The Hall–Kier alpha value is -3.35. The number of hydrogen-bond acceptors (Lipinski definition) is 3. The molecule has 0 saturated heterocycles. The predicted molar refractivity (Wildman–Crippen MR) is 101 cm³/mol. The van der Waals surface area contributed by atoms with E-state index in [0.717, 1.165) is 23.3 Å². The van der Waals surface area contributed by atoms with Crippen LogP contribution < -0.4 is 10.6 Å². The molecule has 144 valence electrons. The summed E-state index contributed by atoms with van der Waals surface area (Å²) in [4.78, 5) is 16.4. The molecular weight excluding hydrogens is 367 g/mol. The Morgan fingerprint density at radius 2 is 1.71 bits per heavy atom. The van der Waals surface area contributed by atoms with Gasteiger partial charge in [0, 0.05) is 24.1 Å². The lowest BCUT2D eigenvalue weighted by atomic mass is 10.1. The number of amides is 1. The van der Waals surface area contributed by atoms with Crippen molar-refractivity contribution in [2.24, 2.45) is 0 Å². The number of anilines is 2. The molecule has 0 atom stereocenters. The first-order valence-electron chi connectivity index (χ1n) is 8.56. The van der Waals surface area contributed by atoms with Crippen molar-refractivity contribution in [3.05, 3.63) is 89.2 Å². The molecule has 0 spiro atoms. The summed E-state index contributed by atoms with van der Waals surface area (Å²) in [5, 5.41) is 5.79. The Labute approximate surface area is 160 Å². The zero-order valence-corrected chi connectivity index (χ0v) is 15.0. The van der Waals surface area contributed by atoms with E-state index in [1.807, 2.05) is 31.2 Å². The number of aryl methyl sites for hydroxylation is 1. The number of carbonyl (C=O) groups is 1. The van der Waals surface area contributed by atoms with Crippen molar-refractivity contribution in [1.82, 2.24) is 10.3 Å². The second kappa shape index (κ2) is 8.12. The Bertz CT molecular complexity index is 969. The summed E-state index contributed by atoms with van der Waals surface area (Å²) in [6.07, 6.45) is -2.91. The van der Waals surface area contributed by atoms with Crippen LogP contribution >= 0.6 is 0 Å². The topological polar surface area (TPSA) is 54.0 Å². The van der Waals surface area contributed by atoms with Gasteiger partial charge in [-0.1, -0.05) is 24.3 Å². The van der Waals surface area contributed by atoms with Gasteiger partial charge < -0.3 is 10.6 Å². The Morgan fingerprint density at radius 3 is 2.39 bits per heavy atom. The minimum absolute atomic E-state index is 0.213. The van der Waals surface area contributed by atoms with Crippen LogP contribution in [0.3, 0.4) is 0 Å². The first-order valence-corrected chi connectivity index (χ1v) is 8.56. The molecule has 3 aromatic rings. The van der Waals surface area contributed by atoms with Crippen LogP contribution in [0.1, 0.15) is 27.2 Å². The Balaban J connectivity index is 1.66. The van der Waals surface area contributed by atoms with E-state index >= 15 is 0 Å². The van der Waals surface area contributed by atoms with Gasteiger partial charge in [-0.25, -0.2) is 0 Å². The molecule has 0 unspecified atom stereocenters. The van der Waals surface area contributed by atoms with Crippen molar-refractivity contribution < 1.29 is 18.0 Å². The molecular formula is C21H18F3N3O. The van der Waals surface area contributed by atoms with Crippen LogP contribution in [0.4, 0.5) is 24.5 Å². The van der Waals surface area contributed by atoms with Gasteiger partial charge in [0.05, 0.1) is 5.56 Å². The fraction of sp³-hybridized carbons (Fsp3) is 0.143. The fourth-order valence-corrected chi connectivity index (χ4v) is 2.62. The largest absolute Gasteiger partial charge is 0.416 e. The van der Waals surface area contributed by atoms with Crippen molar-refractivity contribution in [2.75, 3.05) is 5.32 Å². The summed E-state index contributed by atoms with van der Waals surface area (Å²) in [5.41, 5.74) is 2.61. The highest BCUT2D eigenvalue weighted by molar-refractivity contribution is 5.93. The molecule has 3 rings (SSSR count). The van der Waals surface area contributed by atoms with Gasteiger partial charge in [-0.3, -0.25) is 9.78 Å². The van der Waals surface area contributed by atoms with Gasteiger partial charge in [0.2, 0.25) is 0 Å². The second-order valence-electron chi connectivity index (χ2n) is 6.24. The summed E-state index contributed by atoms with van der Waals surface area (Å²) >= 11 is 0. The van der Waals surface area contributed by atoms with Crippen LogP contribution in [0.5, 0.6) is 0 Å². The number of hydrogen-bond donors (Lipinski definition) is 2. The molecule has 0 aliphatic heterocycles. The number of aromatic nitrogens is 1. The van der Waals surface area contributed by atoms with Crippen LogP contribution in [-0.2, 0) is 12.7 Å². The highest BCUT2D eigenvalue weighted by Crippen LogP contribution is 2.30. The summed E-state index contributed by atoms with van der Waals surface area (Å²) < 4.78 is 37.9. The van der Waals surface area contributed by atoms with Crippen molar-refractivity contribution >= 4 is 17.3 Å². The lowest BCUT2D eigenvalue weighted by molar-refractivity contribution is -0.137. The van der Waals surface area contributed by atoms with Crippen LogP contribution in [0.25, 0.3) is 0 Å². The summed E-state index contributed by atoms with van der Waals surface area (Å²) in [6.45, 7) is 2.35. The number of pyridine rings is 1. The van der Waals surface area contributed by atoms with Crippen LogP contribution in [0.2, 0.25) is 0 Å². The quantitative estimate of drug-likeness (QED) is 0.644. The van der Waals surface area contributed by atoms with Crippen molar-refractivity contribution in [3.63, 3.8) is 0 Å². The third-order valence-electron chi connectivity index (χ3n) is 4.19. The number of benzene rings is 2. The van der Waals surface area contributed by atoms with Gasteiger partial charge >= 0.3 is 6.18 Å². The average molecular weight is 385 g/mol. The average Bonchev–Trinajstić information content (AvgIpc) is 2.67. The van der Waals surface area contributed by atoms with E-state index < -0.39 is 11.7 Å². The Kier molecular flexibility index (Phi) is 5.63. The molecule has 7 heteroatoms. The predicted octanol–water partition coefficient (Wildman–Crippen LogP) is 5.08. The van der Waals surface area contributed by atoms with E-state index in [0.29, 0.717) is 17.9 Å². The van der Waals surface area contributed by atoms with Gasteiger partial charge in [-0.05, 0) is 54.4 Å². The van der Waals surface area contributed by atoms with Crippen LogP contribution in [0, 0.1) is 6.92 Å². The maximum atomic E-state index is 12.6. The third-order valence-corrected chi connectivity index (χ3v) is 4.19. The number of nitrogens with one attached hydrogen (secondary N) is 2. The monoisotopic (exact) mass is 385 g/mol. The minimum atomic E-state index is -4.38. The maximum absolute atomic E-state index is 12.6. The minimum Gasteiger partial charge on any atom is -0.355 e. The van der Waals surface area contributed by atoms with Crippen LogP contribution in [0.15, 0.2) is 66.9 Å². The number of halogens is 3. The molecule has 0 saturated carbocycles. The number of rotatable bonds is 5. The molecule has 1 aromatic heterocycles.